The molecule has 1 aliphatic rings. The lowest BCUT2D eigenvalue weighted by Gasteiger charge is -2.36. The van der Waals surface area contributed by atoms with Crippen molar-refractivity contribution in [2.24, 2.45) is 0 Å². The van der Waals surface area contributed by atoms with E-state index in [1.165, 1.54) is 9.54 Å². The van der Waals surface area contributed by atoms with Crippen LogP contribution in [0.2, 0.25) is 0 Å². The smallest absolute Gasteiger partial charge is 0.269 e. The van der Waals surface area contributed by atoms with E-state index in [0.717, 1.165) is 70.6 Å². The first kappa shape index (κ1) is 31.8. The van der Waals surface area contributed by atoms with Gasteiger partial charge in [-0.1, -0.05) is 59.7 Å². The molecule has 1 N–H and O–H groups in total. The SMILES string of the molecule is Cc1ccc(S(=O)(=O)n2cc(-c3cnn(Cc4cccc(C)c4)c3)c3cc(-c4ccc(N5CCN(CC(C)O)CC5)cc4)cnc32)cc1. The summed E-state index contributed by atoms with van der Waals surface area (Å²) >= 11 is 0. The highest BCUT2D eigenvalue weighted by atomic mass is 32.2. The Kier molecular flexibility index (Phi) is 8.63. The normalized spacial score (nSPS) is 14.9. The molecule has 1 atom stereocenters. The number of anilines is 1. The Morgan fingerprint density at radius 2 is 1.56 bits per heavy atom. The molecule has 0 saturated carbocycles. The fourth-order valence-corrected chi connectivity index (χ4v) is 7.81. The highest BCUT2D eigenvalue weighted by Gasteiger charge is 2.24. The molecule has 0 radical (unpaired) electrons. The lowest BCUT2D eigenvalue weighted by atomic mass is 10.0. The largest absolute Gasteiger partial charge is 0.392 e. The van der Waals surface area contributed by atoms with E-state index in [2.05, 4.69) is 64.3 Å². The maximum atomic E-state index is 14.0. The molecule has 246 valence electrons. The molecule has 9 nitrogen and oxygen atoms in total. The quantitative estimate of drug-likeness (QED) is 0.204. The number of pyridine rings is 1. The van der Waals surface area contributed by atoms with E-state index in [1.54, 1.807) is 42.9 Å². The molecule has 1 aliphatic heterocycles. The van der Waals surface area contributed by atoms with Crippen molar-refractivity contribution >= 4 is 26.7 Å². The molecule has 1 unspecified atom stereocenters. The molecule has 0 aliphatic carbocycles. The van der Waals surface area contributed by atoms with Crippen molar-refractivity contribution in [2.75, 3.05) is 37.6 Å². The molecule has 3 aromatic heterocycles. The third-order valence-electron chi connectivity index (χ3n) is 9.02. The maximum absolute atomic E-state index is 14.0. The summed E-state index contributed by atoms with van der Waals surface area (Å²) in [5.74, 6) is 0. The third kappa shape index (κ3) is 6.51. The standard InChI is InChI=1S/C38H40N6O3S/c1-27-7-13-35(14-8-27)48(46,47)44-26-37(33-22-40-43(25-33)24-30-6-4-5-28(2)19-30)36-20-32(21-39-38(36)44)31-9-11-34(12-10-31)42-17-15-41(16-18-42)23-29(3)45/h4-14,19-22,25-26,29,45H,15-18,23-24H2,1-3H3. The van der Waals surface area contributed by atoms with Gasteiger partial charge in [0.2, 0.25) is 0 Å². The van der Waals surface area contributed by atoms with Crippen LogP contribution in [0.4, 0.5) is 5.69 Å². The van der Waals surface area contributed by atoms with Crippen molar-refractivity contribution in [3.05, 3.63) is 120 Å². The predicted octanol–water partition coefficient (Wildman–Crippen LogP) is 5.97. The van der Waals surface area contributed by atoms with Crippen LogP contribution in [0.25, 0.3) is 33.3 Å². The number of β-amino-alcohol motifs (C(OH)–C–C–N with tert-alkyl or cyclic N) is 1. The molecule has 48 heavy (non-hydrogen) atoms. The van der Waals surface area contributed by atoms with Gasteiger partial charge in [-0.25, -0.2) is 17.4 Å². The van der Waals surface area contributed by atoms with Crippen LogP contribution >= 0.6 is 0 Å². The zero-order chi connectivity index (χ0) is 33.4. The summed E-state index contributed by atoms with van der Waals surface area (Å²) in [6.07, 6.45) is 6.85. The van der Waals surface area contributed by atoms with Gasteiger partial charge < -0.3 is 10.0 Å². The minimum Gasteiger partial charge on any atom is -0.392 e. The van der Waals surface area contributed by atoms with Crippen LogP contribution < -0.4 is 4.90 Å². The van der Waals surface area contributed by atoms with E-state index in [-0.39, 0.29) is 11.0 Å². The average Bonchev–Trinajstić information content (AvgIpc) is 3.70. The van der Waals surface area contributed by atoms with Crippen LogP contribution in [0.3, 0.4) is 0 Å². The van der Waals surface area contributed by atoms with Crippen molar-refractivity contribution in [3.63, 3.8) is 0 Å². The molecule has 4 heterocycles. The average molecular weight is 661 g/mol. The zero-order valence-electron chi connectivity index (χ0n) is 27.5. The highest BCUT2D eigenvalue weighted by molar-refractivity contribution is 7.90. The minimum absolute atomic E-state index is 0.208. The highest BCUT2D eigenvalue weighted by Crippen LogP contribution is 2.35. The van der Waals surface area contributed by atoms with E-state index in [1.807, 2.05) is 36.9 Å². The topological polar surface area (TPSA) is 96.5 Å². The molecule has 3 aromatic carbocycles. The molecule has 0 bridgehead atoms. The summed E-state index contributed by atoms with van der Waals surface area (Å²) in [5, 5.41) is 15.1. The number of hydrogen-bond acceptors (Lipinski definition) is 7. The number of rotatable bonds is 9. The van der Waals surface area contributed by atoms with Crippen molar-refractivity contribution in [1.29, 1.82) is 0 Å². The van der Waals surface area contributed by atoms with E-state index < -0.39 is 10.0 Å². The van der Waals surface area contributed by atoms with Gasteiger partial charge in [0.05, 0.1) is 23.7 Å². The van der Waals surface area contributed by atoms with Crippen molar-refractivity contribution < 1.29 is 13.5 Å². The summed E-state index contributed by atoms with van der Waals surface area (Å²) in [5.41, 5.74) is 8.29. The van der Waals surface area contributed by atoms with Gasteiger partial charge in [-0.05, 0) is 62.2 Å². The van der Waals surface area contributed by atoms with Crippen molar-refractivity contribution in [1.82, 2.24) is 23.6 Å². The Balaban J connectivity index is 1.24. The molecular formula is C38H40N6O3S. The fourth-order valence-electron chi connectivity index (χ4n) is 6.49. The number of aryl methyl sites for hydroxylation is 2. The molecule has 7 rings (SSSR count). The number of piperazine rings is 1. The molecule has 6 aromatic rings. The van der Waals surface area contributed by atoms with E-state index in [4.69, 9.17) is 4.98 Å². The number of hydrogen-bond donors (Lipinski definition) is 1. The van der Waals surface area contributed by atoms with Gasteiger partial charge >= 0.3 is 0 Å². The van der Waals surface area contributed by atoms with Crippen LogP contribution in [-0.4, -0.2) is 76.0 Å². The van der Waals surface area contributed by atoms with Crippen molar-refractivity contribution in [2.45, 2.75) is 38.3 Å². The summed E-state index contributed by atoms with van der Waals surface area (Å²) in [4.78, 5) is 9.63. The van der Waals surface area contributed by atoms with Crippen LogP contribution in [0.15, 0.2) is 109 Å². The van der Waals surface area contributed by atoms with Crippen LogP contribution in [0.1, 0.15) is 23.6 Å². The Bertz CT molecular complexity index is 2160. The van der Waals surface area contributed by atoms with Crippen LogP contribution in [0, 0.1) is 13.8 Å². The Morgan fingerprint density at radius 3 is 2.27 bits per heavy atom. The summed E-state index contributed by atoms with van der Waals surface area (Å²) in [6, 6.07) is 25.7. The number of aromatic nitrogens is 4. The monoisotopic (exact) mass is 660 g/mol. The van der Waals surface area contributed by atoms with Gasteiger partial charge in [-0.15, -0.1) is 0 Å². The maximum Gasteiger partial charge on any atom is 0.269 e. The number of fused-ring (bicyclic) bond motifs is 1. The first-order valence-corrected chi connectivity index (χ1v) is 17.8. The first-order valence-electron chi connectivity index (χ1n) is 16.3. The summed E-state index contributed by atoms with van der Waals surface area (Å²) in [7, 11) is -3.92. The number of benzene rings is 3. The second-order valence-corrected chi connectivity index (χ2v) is 14.7. The van der Waals surface area contributed by atoms with Gasteiger partial charge in [0.1, 0.15) is 0 Å². The van der Waals surface area contributed by atoms with Crippen LogP contribution in [-0.2, 0) is 16.6 Å². The van der Waals surface area contributed by atoms with E-state index >= 15 is 0 Å². The van der Waals surface area contributed by atoms with Gasteiger partial charge in [0.25, 0.3) is 10.0 Å². The molecular weight excluding hydrogens is 621 g/mol. The summed E-state index contributed by atoms with van der Waals surface area (Å²) in [6.45, 7) is 10.8. The van der Waals surface area contributed by atoms with E-state index in [0.29, 0.717) is 18.7 Å². The van der Waals surface area contributed by atoms with Crippen molar-refractivity contribution in [3.8, 4) is 22.3 Å². The number of aliphatic hydroxyl groups excluding tert-OH is 1. The second-order valence-electron chi connectivity index (χ2n) is 12.9. The molecule has 0 amide bonds. The second kappa shape index (κ2) is 13.0. The zero-order valence-corrected chi connectivity index (χ0v) is 28.3. The van der Waals surface area contributed by atoms with Gasteiger partial charge in [-0.3, -0.25) is 9.58 Å². The number of nitrogens with zero attached hydrogens (tertiary/aromatic N) is 6. The van der Waals surface area contributed by atoms with E-state index in [9.17, 15) is 13.5 Å². The predicted molar refractivity (Wildman–Crippen MR) is 191 cm³/mol. The van der Waals surface area contributed by atoms with Gasteiger partial charge in [-0.2, -0.15) is 5.10 Å². The first-order chi connectivity index (χ1) is 23.1. The molecule has 1 saturated heterocycles. The number of aliphatic hydroxyl groups is 1. The van der Waals surface area contributed by atoms with Gasteiger partial charge in [0, 0.05) is 79.1 Å². The Labute approximate surface area is 281 Å². The lowest BCUT2D eigenvalue weighted by Crippen LogP contribution is -2.48. The minimum atomic E-state index is -3.92. The molecule has 10 heteroatoms. The lowest BCUT2D eigenvalue weighted by molar-refractivity contribution is 0.123. The fraction of sp³-hybridized carbons (Fsp3) is 0.263. The molecule has 0 spiro atoms. The molecule has 1 fully saturated rings. The Hall–Kier alpha value is -4.77. The Morgan fingerprint density at radius 1 is 0.812 bits per heavy atom. The third-order valence-corrected chi connectivity index (χ3v) is 10.7. The van der Waals surface area contributed by atoms with Crippen LogP contribution in [0.5, 0.6) is 0 Å². The van der Waals surface area contributed by atoms with Gasteiger partial charge in [0.15, 0.2) is 5.65 Å². The summed E-state index contributed by atoms with van der Waals surface area (Å²) < 4.78 is 31.1.